The number of ether oxygens (including phenoxy) is 1. The second-order valence-corrected chi connectivity index (χ2v) is 5.64. The Kier molecular flexibility index (Phi) is 3.83. The summed E-state index contributed by atoms with van der Waals surface area (Å²) in [6.45, 7) is 0. The molecule has 0 saturated heterocycles. The molecule has 1 heterocycles. The van der Waals surface area contributed by atoms with E-state index in [-0.39, 0.29) is 0 Å². The quantitative estimate of drug-likeness (QED) is 0.679. The van der Waals surface area contributed by atoms with E-state index in [4.69, 9.17) is 15.0 Å². The minimum Gasteiger partial charge on any atom is -0.497 e. The standard InChI is InChI=1S/C16H13IN2O2/c1-20-11-8-6-10(7-9-11)14-15(21-19-16(14)18)12-4-2-3-5-13(12)17/h2-9H,1H3,(H2,18,19). The maximum absolute atomic E-state index is 5.99. The van der Waals surface area contributed by atoms with E-state index in [1.807, 2.05) is 48.5 Å². The molecule has 21 heavy (non-hydrogen) atoms. The molecule has 0 aliphatic heterocycles. The summed E-state index contributed by atoms with van der Waals surface area (Å²) in [6, 6.07) is 15.6. The van der Waals surface area contributed by atoms with Crippen molar-refractivity contribution in [1.82, 2.24) is 5.16 Å². The molecule has 0 spiro atoms. The number of aromatic nitrogens is 1. The van der Waals surface area contributed by atoms with E-state index >= 15 is 0 Å². The fraction of sp³-hybridized carbons (Fsp3) is 0.0625. The van der Waals surface area contributed by atoms with Gasteiger partial charge in [-0.3, -0.25) is 0 Å². The van der Waals surface area contributed by atoms with Crippen molar-refractivity contribution in [2.75, 3.05) is 12.8 Å². The largest absolute Gasteiger partial charge is 0.497 e. The number of hydrogen-bond donors (Lipinski definition) is 1. The minimum absolute atomic E-state index is 0.384. The highest BCUT2D eigenvalue weighted by molar-refractivity contribution is 14.1. The van der Waals surface area contributed by atoms with Crippen LogP contribution in [-0.4, -0.2) is 12.3 Å². The molecule has 0 fully saturated rings. The fourth-order valence-electron chi connectivity index (χ4n) is 2.17. The summed E-state index contributed by atoms with van der Waals surface area (Å²) in [5.41, 5.74) is 8.73. The lowest BCUT2D eigenvalue weighted by atomic mass is 10.0. The third-order valence-corrected chi connectivity index (χ3v) is 4.16. The van der Waals surface area contributed by atoms with Gasteiger partial charge in [0.05, 0.1) is 12.7 Å². The van der Waals surface area contributed by atoms with Crippen LogP contribution in [0.2, 0.25) is 0 Å². The first-order valence-electron chi connectivity index (χ1n) is 6.35. The molecule has 0 unspecified atom stereocenters. The molecule has 0 bridgehead atoms. The predicted octanol–water partition coefficient (Wildman–Crippen LogP) is 4.20. The molecule has 0 saturated carbocycles. The first-order chi connectivity index (χ1) is 10.2. The molecule has 4 nitrogen and oxygen atoms in total. The highest BCUT2D eigenvalue weighted by Crippen LogP contribution is 2.38. The molecular weight excluding hydrogens is 379 g/mol. The van der Waals surface area contributed by atoms with Crippen molar-refractivity contribution in [1.29, 1.82) is 0 Å². The third kappa shape index (κ3) is 2.61. The first-order valence-corrected chi connectivity index (χ1v) is 7.43. The number of hydrogen-bond acceptors (Lipinski definition) is 4. The van der Waals surface area contributed by atoms with Crippen molar-refractivity contribution in [2.24, 2.45) is 0 Å². The van der Waals surface area contributed by atoms with Crippen molar-refractivity contribution in [3.05, 3.63) is 52.1 Å². The summed E-state index contributed by atoms with van der Waals surface area (Å²) in [6.07, 6.45) is 0. The number of benzene rings is 2. The molecule has 0 aliphatic carbocycles. The lowest BCUT2D eigenvalue weighted by Gasteiger charge is -2.06. The van der Waals surface area contributed by atoms with Crippen LogP contribution in [0.15, 0.2) is 53.1 Å². The minimum atomic E-state index is 0.384. The van der Waals surface area contributed by atoms with Gasteiger partial charge in [0.25, 0.3) is 0 Å². The molecule has 106 valence electrons. The van der Waals surface area contributed by atoms with E-state index in [9.17, 15) is 0 Å². The van der Waals surface area contributed by atoms with Gasteiger partial charge in [0.15, 0.2) is 11.6 Å². The fourth-order valence-corrected chi connectivity index (χ4v) is 2.80. The van der Waals surface area contributed by atoms with Crippen molar-refractivity contribution >= 4 is 28.4 Å². The molecule has 2 aromatic carbocycles. The Morgan fingerprint density at radius 3 is 2.48 bits per heavy atom. The van der Waals surface area contributed by atoms with Crippen molar-refractivity contribution in [3.63, 3.8) is 0 Å². The van der Waals surface area contributed by atoms with Gasteiger partial charge in [-0.15, -0.1) is 0 Å². The summed E-state index contributed by atoms with van der Waals surface area (Å²) < 4.78 is 11.7. The van der Waals surface area contributed by atoms with Crippen LogP contribution in [0.4, 0.5) is 5.82 Å². The van der Waals surface area contributed by atoms with Gasteiger partial charge in [-0.2, -0.15) is 0 Å². The van der Waals surface area contributed by atoms with Gasteiger partial charge in [0.2, 0.25) is 0 Å². The smallest absolute Gasteiger partial charge is 0.177 e. The average molecular weight is 392 g/mol. The number of anilines is 1. The van der Waals surface area contributed by atoms with E-state index in [0.29, 0.717) is 11.6 Å². The van der Waals surface area contributed by atoms with Gasteiger partial charge >= 0.3 is 0 Å². The van der Waals surface area contributed by atoms with Crippen LogP contribution < -0.4 is 10.5 Å². The predicted molar refractivity (Wildman–Crippen MR) is 91.1 cm³/mol. The summed E-state index contributed by atoms with van der Waals surface area (Å²) in [7, 11) is 1.64. The average Bonchev–Trinajstić information content (AvgIpc) is 2.89. The highest BCUT2D eigenvalue weighted by Gasteiger charge is 2.19. The monoisotopic (exact) mass is 392 g/mol. The Balaban J connectivity index is 2.15. The third-order valence-electron chi connectivity index (χ3n) is 3.22. The van der Waals surface area contributed by atoms with Crippen LogP contribution in [0.5, 0.6) is 5.75 Å². The van der Waals surface area contributed by atoms with Crippen LogP contribution in [0.25, 0.3) is 22.5 Å². The number of halogens is 1. The second-order valence-electron chi connectivity index (χ2n) is 4.48. The zero-order valence-electron chi connectivity index (χ0n) is 11.3. The van der Waals surface area contributed by atoms with Crippen molar-refractivity contribution in [3.8, 4) is 28.2 Å². The van der Waals surface area contributed by atoms with Gasteiger partial charge in [-0.25, -0.2) is 0 Å². The Bertz CT molecular complexity index is 766. The van der Waals surface area contributed by atoms with Gasteiger partial charge < -0.3 is 15.0 Å². The highest BCUT2D eigenvalue weighted by atomic mass is 127. The van der Waals surface area contributed by atoms with Crippen molar-refractivity contribution in [2.45, 2.75) is 0 Å². The second kappa shape index (κ2) is 5.77. The lowest BCUT2D eigenvalue weighted by molar-refractivity contribution is 0.415. The molecule has 3 aromatic rings. The maximum Gasteiger partial charge on any atom is 0.177 e. The summed E-state index contributed by atoms with van der Waals surface area (Å²) in [4.78, 5) is 0. The molecule has 0 amide bonds. The molecular formula is C16H13IN2O2. The topological polar surface area (TPSA) is 61.3 Å². The molecule has 1 aromatic heterocycles. The molecule has 0 aliphatic rings. The number of nitrogen functional groups attached to an aromatic ring is 1. The van der Waals surface area contributed by atoms with Crippen molar-refractivity contribution < 1.29 is 9.26 Å². The number of methoxy groups -OCH3 is 1. The Morgan fingerprint density at radius 1 is 1.10 bits per heavy atom. The maximum atomic E-state index is 5.99. The van der Waals surface area contributed by atoms with Crippen LogP contribution in [0, 0.1) is 3.57 Å². The van der Waals surface area contributed by atoms with Gasteiger partial charge in [0.1, 0.15) is 5.75 Å². The Labute approximate surface area is 136 Å². The normalized spacial score (nSPS) is 10.6. The number of rotatable bonds is 3. The molecule has 5 heteroatoms. The van der Waals surface area contributed by atoms with E-state index in [2.05, 4.69) is 27.7 Å². The number of nitrogens with zero attached hydrogens (tertiary/aromatic N) is 1. The zero-order chi connectivity index (χ0) is 14.8. The molecule has 3 rings (SSSR count). The summed E-state index contributed by atoms with van der Waals surface area (Å²) >= 11 is 2.27. The zero-order valence-corrected chi connectivity index (χ0v) is 13.5. The van der Waals surface area contributed by atoms with E-state index in [1.165, 1.54) is 0 Å². The van der Waals surface area contributed by atoms with Crippen LogP contribution >= 0.6 is 22.6 Å². The molecule has 2 N–H and O–H groups in total. The van der Waals surface area contributed by atoms with E-state index < -0.39 is 0 Å². The van der Waals surface area contributed by atoms with Crippen LogP contribution in [0.3, 0.4) is 0 Å². The van der Waals surface area contributed by atoms with E-state index in [1.54, 1.807) is 7.11 Å². The van der Waals surface area contributed by atoms with Gasteiger partial charge in [-0.1, -0.05) is 35.5 Å². The van der Waals surface area contributed by atoms with Gasteiger partial charge in [0, 0.05) is 9.13 Å². The van der Waals surface area contributed by atoms with E-state index in [0.717, 1.165) is 26.0 Å². The van der Waals surface area contributed by atoms with Crippen LogP contribution in [-0.2, 0) is 0 Å². The SMILES string of the molecule is COc1ccc(-c2c(N)noc2-c2ccccc2I)cc1. The number of nitrogens with two attached hydrogens (primary N) is 1. The molecule has 0 atom stereocenters. The summed E-state index contributed by atoms with van der Waals surface area (Å²) in [5.74, 6) is 1.86. The molecule has 0 radical (unpaired) electrons. The van der Waals surface area contributed by atoms with Crippen LogP contribution in [0.1, 0.15) is 0 Å². The first kappa shape index (κ1) is 13.9. The lowest BCUT2D eigenvalue weighted by Crippen LogP contribution is -1.90. The Hall–Kier alpha value is -2.02. The Morgan fingerprint density at radius 2 is 1.81 bits per heavy atom. The summed E-state index contributed by atoms with van der Waals surface area (Å²) in [5, 5.41) is 3.92. The van der Waals surface area contributed by atoms with Gasteiger partial charge in [-0.05, 0) is 46.4 Å².